The fraction of sp³-hybridized carbons (Fsp3) is 0.0909. The summed E-state index contributed by atoms with van der Waals surface area (Å²) in [6.07, 6.45) is 10.6. The summed E-state index contributed by atoms with van der Waals surface area (Å²) in [5.74, 6) is -2.43. The second kappa shape index (κ2) is 6.23. The van der Waals surface area contributed by atoms with Crippen LogP contribution < -0.4 is 0 Å². The van der Waals surface area contributed by atoms with Crippen molar-refractivity contribution >= 4 is 11.8 Å². The van der Waals surface area contributed by atoms with E-state index in [-0.39, 0.29) is 5.78 Å². The normalized spacial score (nSPS) is 17.5. The van der Waals surface area contributed by atoms with E-state index in [9.17, 15) is 9.59 Å². The maximum atomic E-state index is 10.7. The minimum atomic E-state index is -1.09. The molecule has 0 aromatic carbocycles. The highest BCUT2D eigenvalue weighted by atomic mass is 16.4. The van der Waals surface area contributed by atoms with Gasteiger partial charge in [0.1, 0.15) is 12.2 Å². The van der Waals surface area contributed by atoms with Crippen LogP contribution in [0.2, 0.25) is 0 Å². The first-order valence-electron chi connectivity index (χ1n) is 4.53. The van der Waals surface area contributed by atoms with E-state index in [1.54, 1.807) is 24.5 Å². The Morgan fingerprint density at radius 3 is 2.25 bits per heavy atom. The molecule has 0 aliphatic heterocycles. The minimum Gasteiger partial charge on any atom is -0.480 e. The summed E-state index contributed by atoms with van der Waals surface area (Å²) < 4.78 is 0. The molecule has 0 bridgehead atoms. The molecule has 1 aliphatic carbocycles. The molecule has 5 nitrogen and oxygen atoms in total. The highest BCUT2D eigenvalue weighted by molar-refractivity contribution is 6.06. The Labute approximate surface area is 92.2 Å². The van der Waals surface area contributed by atoms with Crippen LogP contribution in [-0.4, -0.2) is 26.8 Å². The molecule has 0 radical (unpaired) electrons. The molecule has 1 heterocycles. The summed E-state index contributed by atoms with van der Waals surface area (Å²) in [6, 6.07) is 1.78. The summed E-state index contributed by atoms with van der Waals surface area (Å²) in [5, 5.41) is 8.40. The van der Waals surface area contributed by atoms with Crippen LogP contribution in [0.5, 0.6) is 0 Å². The number of hydrogen-bond acceptors (Lipinski definition) is 4. The molecule has 1 N–H and O–H groups in total. The molecule has 82 valence electrons. The van der Waals surface area contributed by atoms with Gasteiger partial charge in [0.15, 0.2) is 5.78 Å². The average molecular weight is 218 g/mol. The molecule has 5 heteroatoms. The van der Waals surface area contributed by atoms with Crippen LogP contribution in [-0.2, 0) is 9.59 Å². The van der Waals surface area contributed by atoms with E-state index in [0.29, 0.717) is 0 Å². The van der Waals surface area contributed by atoms with E-state index in [1.165, 1.54) is 24.6 Å². The Kier molecular flexibility index (Phi) is 4.59. The summed E-state index contributed by atoms with van der Waals surface area (Å²) >= 11 is 0. The predicted molar refractivity (Wildman–Crippen MR) is 56.4 cm³/mol. The van der Waals surface area contributed by atoms with Gasteiger partial charge in [0.2, 0.25) is 0 Å². The third-order valence-corrected chi connectivity index (χ3v) is 1.73. The van der Waals surface area contributed by atoms with Crippen LogP contribution >= 0.6 is 0 Å². The summed E-state index contributed by atoms with van der Waals surface area (Å²) in [5.41, 5.74) is 0. The SMILES string of the molecule is O=C(O)C1C=CC=CC1=O.c1cncnc1. The number of rotatable bonds is 1. The lowest BCUT2D eigenvalue weighted by atomic mass is 10.0. The fourth-order valence-corrected chi connectivity index (χ4v) is 0.982. The second-order valence-corrected chi connectivity index (χ2v) is 2.87. The average Bonchev–Trinajstić information content (AvgIpc) is 2.32. The van der Waals surface area contributed by atoms with Gasteiger partial charge >= 0.3 is 5.97 Å². The maximum Gasteiger partial charge on any atom is 0.318 e. The largest absolute Gasteiger partial charge is 0.480 e. The standard InChI is InChI=1S/C7H6O3.C4H4N2/c8-6-4-2-1-3-5(6)7(9)10;1-2-5-4-6-3-1/h1-5H,(H,9,10);1-4H. The van der Waals surface area contributed by atoms with Gasteiger partial charge in [-0.25, -0.2) is 9.97 Å². The number of ketones is 1. The van der Waals surface area contributed by atoms with Crippen LogP contribution in [0.15, 0.2) is 49.1 Å². The fourth-order valence-electron chi connectivity index (χ4n) is 0.982. The van der Waals surface area contributed by atoms with Gasteiger partial charge in [0, 0.05) is 12.4 Å². The Morgan fingerprint density at radius 1 is 1.25 bits per heavy atom. The molecule has 0 amide bonds. The summed E-state index contributed by atoms with van der Waals surface area (Å²) in [7, 11) is 0. The Hall–Kier alpha value is -2.30. The number of aliphatic carboxylic acids is 1. The molecule has 1 aliphatic rings. The molecule has 0 saturated carbocycles. The maximum absolute atomic E-state index is 10.7. The van der Waals surface area contributed by atoms with Gasteiger partial charge in [-0.1, -0.05) is 18.2 Å². The van der Waals surface area contributed by atoms with Gasteiger partial charge in [-0.2, -0.15) is 0 Å². The van der Waals surface area contributed by atoms with Crippen LogP contribution in [0.1, 0.15) is 0 Å². The van der Waals surface area contributed by atoms with Crippen molar-refractivity contribution in [1.82, 2.24) is 9.97 Å². The van der Waals surface area contributed by atoms with Gasteiger partial charge in [0.05, 0.1) is 0 Å². The summed E-state index contributed by atoms with van der Waals surface area (Å²) in [4.78, 5) is 28.3. The van der Waals surface area contributed by atoms with Gasteiger partial charge in [0.25, 0.3) is 0 Å². The Balaban J connectivity index is 0.000000181. The molecule has 0 fully saturated rings. The van der Waals surface area contributed by atoms with Gasteiger partial charge in [-0.05, 0) is 12.1 Å². The van der Waals surface area contributed by atoms with Crippen LogP contribution in [0.3, 0.4) is 0 Å². The second-order valence-electron chi connectivity index (χ2n) is 2.87. The van der Waals surface area contributed by atoms with Crippen molar-refractivity contribution < 1.29 is 14.7 Å². The monoisotopic (exact) mass is 218 g/mol. The smallest absolute Gasteiger partial charge is 0.318 e. The topological polar surface area (TPSA) is 80.1 Å². The van der Waals surface area contributed by atoms with E-state index in [0.717, 1.165) is 0 Å². The van der Waals surface area contributed by atoms with Crippen LogP contribution in [0, 0.1) is 5.92 Å². The number of hydrogen-bond donors (Lipinski definition) is 1. The molecule has 1 atom stereocenters. The molecule has 1 aromatic heterocycles. The first-order chi connectivity index (χ1) is 7.72. The molecule has 1 aromatic rings. The predicted octanol–water partition coefficient (Wildman–Crippen LogP) is 0.859. The molecule has 2 rings (SSSR count). The molecule has 0 spiro atoms. The number of carboxylic acid groups (broad SMARTS) is 1. The summed E-state index contributed by atoms with van der Waals surface area (Å²) in [6.45, 7) is 0. The van der Waals surface area contributed by atoms with Crippen molar-refractivity contribution in [1.29, 1.82) is 0 Å². The molecular formula is C11H10N2O3. The van der Waals surface area contributed by atoms with E-state index < -0.39 is 11.9 Å². The third kappa shape index (κ3) is 3.83. The zero-order chi connectivity index (χ0) is 11.8. The number of carbonyl (C=O) groups is 2. The Bertz CT molecular complexity index is 386. The lowest BCUT2D eigenvalue weighted by Gasteiger charge is -2.04. The highest BCUT2D eigenvalue weighted by Gasteiger charge is 2.21. The van der Waals surface area contributed by atoms with Crippen molar-refractivity contribution in [2.24, 2.45) is 5.92 Å². The lowest BCUT2D eigenvalue weighted by molar-refractivity contribution is -0.143. The van der Waals surface area contributed by atoms with Crippen molar-refractivity contribution in [2.45, 2.75) is 0 Å². The Morgan fingerprint density at radius 2 is 1.94 bits per heavy atom. The van der Waals surface area contributed by atoms with E-state index in [1.807, 2.05) is 0 Å². The number of nitrogens with zero attached hydrogens (tertiary/aromatic N) is 2. The zero-order valence-corrected chi connectivity index (χ0v) is 8.35. The zero-order valence-electron chi connectivity index (χ0n) is 8.35. The van der Waals surface area contributed by atoms with Gasteiger partial charge in [-0.15, -0.1) is 0 Å². The number of carbonyl (C=O) groups excluding carboxylic acids is 1. The number of allylic oxidation sites excluding steroid dienone is 3. The van der Waals surface area contributed by atoms with Crippen LogP contribution in [0.25, 0.3) is 0 Å². The first kappa shape index (κ1) is 11.8. The van der Waals surface area contributed by atoms with Crippen LogP contribution in [0.4, 0.5) is 0 Å². The van der Waals surface area contributed by atoms with Gasteiger partial charge in [-0.3, -0.25) is 9.59 Å². The first-order valence-corrected chi connectivity index (χ1v) is 4.53. The molecular weight excluding hydrogens is 208 g/mol. The van der Waals surface area contributed by atoms with E-state index >= 15 is 0 Å². The third-order valence-electron chi connectivity index (χ3n) is 1.73. The highest BCUT2D eigenvalue weighted by Crippen LogP contribution is 2.06. The molecule has 16 heavy (non-hydrogen) atoms. The van der Waals surface area contributed by atoms with Crippen molar-refractivity contribution in [3.8, 4) is 0 Å². The van der Waals surface area contributed by atoms with Crippen molar-refractivity contribution in [3.63, 3.8) is 0 Å². The minimum absolute atomic E-state index is 0.366. The van der Waals surface area contributed by atoms with E-state index in [2.05, 4.69) is 9.97 Å². The van der Waals surface area contributed by atoms with Crippen molar-refractivity contribution in [2.75, 3.05) is 0 Å². The van der Waals surface area contributed by atoms with Crippen molar-refractivity contribution in [3.05, 3.63) is 49.1 Å². The van der Waals surface area contributed by atoms with Gasteiger partial charge < -0.3 is 5.11 Å². The number of carboxylic acids is 1. The molecule has 1 unspecified atom stereocenters. The number of aromatic nitrogens is 2. The lowest BCUT2D eigenvalue weighted by Crippen LogP contribution is -2.21. The quantitative estimate of drug-likeness (QED) is 0.707. The van der Waals surface area contributed by atoms with E-state index in [4.69, 9.17) is 5.11 Å². The molecule has 0 saturated heterocycles.